The molecule has 1 aromatic carbocycles. The van der Waals surface area contributed by atoms with Gasteiger partial charge in [-0.05, 0) is 40.3 Å². The Bertz CT molecular complexity index is 479. The van der Waals surface area contributed by atoms with Crippen molar-refractivity contribution in [3.8, 4) is 11.5 Å². The van der Waals surface area contributed by atoms with Crippen molar-refractivity contribution in [2.24, 2.45) is 5.10 Å². The third-order valence-corrected chi connectivity index (χ3v) is 3.07. The van der Waals surface area contributed by atoms with E-state index in [1.165, 1.54) is 0 Å². The molecule has 0 saturated carbocycles. The zero-order chi connectivity index (χ0) is 12.3. The summed E-state index contributed by atoms with van der Waals surface area (Å²) in [5.41, 5.74) is 3.55. The molecule has 90 valence electrons. The van der Waals surface area contributed by atoms with Gasteiger partial charge < -0.3 is 14.8 Å². The Morgan fingerprint density at radius 1 is 1.47 bits per heavy atom. The number of halogens is 1. The zero-order valence-electron chi connectivity index (χ0n) is 8.99. The average molecular weight is 316 g/mol. The van der Waals surface area contributed by atoms with Crippen molar-refractivity contribution in [1.82, 2.24) is 10.7 Å². The summed E-state index contributed by atoms with van der Waals surface area (Å²) >= 11 is 8.32. The molecule has 0 bridgehead atoms. The fraction of sp³-hybridized carbons (Fsp3) is 0.200. The van der Waals surface area contributed by atoms with Gasteiger partial charge in [0.1, 0.15) is 0 Å². The van der Waals surface area contributed by atoms with Gasteiger partial charge in [0.05, 0.1) is 6.21 Å². The highest BCUT2D eigenvalue weighted by Crippen LogP contribution is 2.36. The summed E-state index contributed by atoms with van der Waals surface area (Å²) in [6, 6.07) is 3.69. The van der Waals surface area contributed by atoms with E-state index in [-0.39, 0.29) is 6.79 Å². The number of benzene rings is 1. The lowest BCUT2D eigenvalue weighted by molar-refractivity contribution is 0.174. The molecule has 0 radical (unpaired) electrons. The second-order valence-electron chi connectivity index (χ2n) is 3.18. The maximum Gasteiger partial charge on any atom is 0.231 e. The van der Waals surface area contributed by atoms with Gasteiger partial charge in [-0.2, -0.15) is 5.10 Å². The second-order valence-corrected chi connectivity index (χ2v) is 4.44. The van der Waals surface area contributed by atoms with E-state index in [1.807, 2.05) is 12.1 Å². The molecule has 1 heterocycles. The maximum absolute atomic E-state index is 5.28. The highest BCUT2D eigenvalue weighted by molar-refractivity contribution is 9.10. The van der Waals surface area contributed by atoms with Gasteiger partial charge in [0.2, 0.25) is 6.79 Å². The smallest absolute Gasteiger partial charge is 0.231 e. The van der Waals surface area contributed by atoms with Crippen LogP contribution < -0.4 is 20.2 Å². The van der Waals surface area contributed by atoms with Crippen LogP contribution in [-0.2, 0) is 0 Å². The molecule has 7 heteroatoms. The van der Waals surface area contributed by atoms with Crippen LogP contribution in [0.1, 0.15) is 5.56 Å². The summed E-state index contributed by atoms with van der Waals surface area (Å²) in [5.74, 6) is 1.44. The Morgan fingerprint density at radius 3 is 2.88 bits per heavy atom. The predicted molar refractivity (Wildman–Crippen MR) is 72.7 cm³/mol. The molecule has 17 heavy (non-hydrogen) atoms. The molecule has 0 amide bonds. The summed E-state index contributed by atoms with van der Waals surface area (Å²) in [7, 11) is 1.72. The summed E-state index contributed by atoms with van der Waals surface area (Å²) < 4.78 is 11.4. The molecule has 2 N–H and O–H groups in total. The molecule has 0 atom stereocenters. The van der Waals surface area contributed by atoms with Crippen LogP contribution in [-0.4, -0.2) is 25.2 Å². The van der Waals surface area contributed by atoms with Crippen LogP contribution in [0.3, 0.4) is 0 Å². The Hall–Kier alpha value is -1.34. The molecular weight excluding hydrogens is 306 g/mol. The van der Waals surface area contributed by atoms with Crippen molar-refractivity contribution in [3.05, 3.63) is 22.2 Å². The number of ether oxygens (including phenoxy) is 2. The summed E-state index contributed by atoms with van der Waals surface area (Å²) in [6.07, 6.45) is 1.65. The first kappa shape index (κ1) is 12.1. The summed E-state index contributed by atoms with van der Waals surface area (Å²) in [4.78, 5) is 0. The number of rotatable bonds is 2. The molecule has 2 rings (SSSR count). The third-order valence-electron chi connectivity index (χ3n) is 2.09. The van der Waals surface area contributed by atoms with Crippen LogP contribution >= 0.6 is 28.1 Å². The van der Waals surface area contributed by atoms with Crippen LogP contribution in [0.15, 0.2) is 21.7 Å². The molecule has 0 spiro atoms. The summed E-state index contributed by atoms with van der Waals surface area (Å²) in [5, 5.41) is 7.21. The Balaban J connectivity index is 2.13. The van der Waals surface area contributed by atoms with E-state index >= 15 is 0 Å². The molecule has 5 nitrogen and oxygen atoms in total. The van der Waals surface area contributed by atoms with Gasteiger partial charge in [0.25, 0.3) is 0 Å². The average Bonchev–Trinajstić information content (AvgIpc) is 2.76. The molecule has 1 aromatic rings. The standard InChI is InChI=1S/C10H10BrN3O2S/c1-12-10(17)14-13-4-6-2-8-9(3-7(6)11)16-5-15-8/h2-4H,5H2,1H3,(H2,12,14,17). The topological polar surface area (TPSA) is 54.9 Å². The van der Waals surface area contributed by atoms with Crippen molar-refractivity contribution in [2.45, 2.75) is 0 Å². The molecule has 1 aliphatic heterocycles. The van der Waals surface area contributed by atoms with Crippen molar-refractivity contribution in [2.75, 3.05) is 13.8 Å². The zero-order valence-corrected chi connectivity index (χ0v) is 11.4. The Labute approximate surface area is 112 Å². The Morgan fingerprint density at radius 2 is 2.18 bits per heavy atom. The number of fused-ring (bicyclic) bond motifs is 1. The van der Waals surface area contributed by atoms with Gasteiger partial charge >= 0.3 is 0 Å². The van der Waals surface area contributed by atoms with Crippen LogP contribution in [0.4, 0.5) is 0 Å². The minimum atomic E-state index is 0.254. The quantitative estimate of drug-likeness (QED) is 0.493. The van der Waals surface area contributed by atoms with E-state index < -0.39 is 0 Å². The van der Waals surface area contributed by atoms with Gasteiger partial charge in [-0.15, -0.1) is 0 Å². The minimum Gasteiger partial charge on any atom is -0.454 e. The molecule has 0 unspecified atom stereocenters. The molecule has 1 aliphatic rings. The van der Waals surface area contributed by atoms with E-state index in [4.69, 9.17) is 21.7 Å². The third kappa shape index (κ3) is 2.86. The van der Waals surface area contributed by atoms with Gasteiger partial charge in [-0.25, -0.2) is 0 Å². The van der Waals surface area contributed by atoms with Gasteiger partial charge in [-0.1, -0.05) is 0 Å². The van der Waals surface area contributed by atoms with Crippen LogP contribution in [0, 0.1) is 0 Å². The van der Waals surface area contributed by atoms with Crippen molar-refractivity contribution in [1.29, 1.82) is 0 Å². The van der Waals surface area contributed by atoms with Crippen molar-refractivity contribution in [3.63, 3.8) is 0 Å². The van der Waals surface area contributed by atoms with Crippen molar-refractivity contribution >= 4 is 39.5 Å². The number of nitrogens with zero attached hydrogens (tertiary/aromatic N) is 1. The molecule has 0 fully saturated rings. The molecule has 0 aromatic heterocycles. The number of nitrogens with one attached hydrogen (secondary N) is 2. The number of hydrogen-bond acceptors (Lipinski definition) is 4. The van der Waals surface area contributed by atoms with Crippen molar-refractivity contribution < 1.29 is 9.47 Å². The lowest BCUT2D eigenvalue weighted by Gasteiger charge is -2.02. The fourth-order valence-electron chi connectivity index (χ4n) is 1.25. The first-order valence-electron chi connectivity index (χ1n) is 4.80. The maximum atomic E-state index is 5.28. The van der Waals surface area contributed by atoms with Gasteiger partial charge in [0.15, 0.2) is 16.6 Å². The largest absolute Gasteiger partial charge is 0.454 e. The number of thiocarbonyl (C=S) groups is 1. The normalized spacial score (nSPS) is 12.8. The van der Waals surface area contributed by atoms with Crippen LogP contribution in [0.5, 0.6) is 11.5 Å². The number of hydrogen-bond donors (Lipinski definition) is 2. The van der Waals surface area contributed by atoms with E-state index in [2.05, 4.69) is 31.8 Å². The summed E-state index contributed by atoms with van der Waals surface area (Å²) in [6.45, 7) is 0.254. The monoisotopic (exact) mass is 315 g/mol. The highest BCUT2D eigenvalue weighted by Gasteiger charge is 2.15. The van der Waals surface area contributed by atoms with E-state index in [9.17, 15) is 0 Å². The SMILES string of the molecule is CNC(=S)NN=Cc1cc2c(cc1Br)OCO2. The van der Waals surface area contributed by atoms with Crippen LogP contribution in [0.2, 0.25) is 0 Å². The van der Waals surface area contributed by atoms with E-state index in [0.29, 0.717) is 10.9 Å². The van der Waals surface area contributed by atoms with E-state index in [0.717, 1.165) is 15.8 Å². The van der Waals surface area contributed by atoms with Gasteiger partial charge in [-0.3, -0.25) is 5.43 Å². The second kappa shape index (κ2) is 5.33. The minimum absolute atomic E-state index is 0.254. The molecular formula is C10H10BrN3O2S. The van der Waals surface area contributed by atoms with Crippen LogP contribution in [0.25, 0.3) is 0 Å². The molecule has 0 saturated heterocycles. The highest BCUT2D eigenvalue weighted by atomic mass is 79.9. The predicted octanol–water partition coefficient (Wildman–Crippen LogP) is 1.61. The molecule has 0 aliphatic carbocycles. The Kier molecular flexibility index (Phi) is 3.80. The number of hydrazone groups is 1. The van der Waals surface area contributed by atoms with Gasteiger partial charge in [0, 0.05) is 17.1 Å². The first-order valence-corrected chi connectivity index (χ1v) is 6.01. The lowest BCUT2D eigenvalue weighted by atomic mass is 10.2. The van der Waals surface area contributed by atoms with E-state index in [1.54, 1.807) is 13.3 Å². The lowest BCUT2D eigenvalue weighted by Crippen LogP contribution is -2.28. The fourth-order valence-corrected chi connectivity index (χ4v) is 1.73. The first-order chi connectivity index (χ1) is 8.20.